The highest BCUT2D eigenvalue weighted by atomic mass is 16.5. The van der Waals surface area contributed by atoms with Crippen LogP contribution in [0.25, 0.3) is 0 Å². The first-order chi connectivity index (χ1) is 8.79. The van der Waals surface area contributed by atoms with Crippen LogP contribution in [0.5, 0.6) is 5.75 Å². The van der Waals surface area contributed by atoms with Crippen LogP contribution >= 0.6 is 0 Å². The molecule has 0 spiro atoms. The molecule has 94 valence electrons. The summed E-state index contributed by atoms with van der Waals surface area (Å²) in [6.45, 7) is 0.719. The molecule has 0 saturated carbocycles. The first-order valence-corrected chi connectivity index (χ1v) is 5.94. The van der Waals surface area contributed by atoms with Gasteiger partial charge in [0, 0.05) is 6.54 Å². The van der Waals surface area contributed by atoms with E-state index in [4.69, 9.17) is 10.5 Å². The lowest BCUT2D eigenvalue weighted by Gasteiger charge is -2.13. The topological polar surface area (TPSA) is 55.5 Å². The number of benzene rings is 2. The molecule has 0 amide bonds. The number of hydrogen-bond donors (Lipinski definition) is 2. The van der Waals surface area contributed by atoms with Crippen LogP contribution in [0.3, 0.4) is 0 Å². The fraction of sp³-hybridized carbons (Fsp3) is 0.200. The van der Waals surface area contributed by atoms with E-state index in [1.54, 1.807) is 0 Å². The molecular formula is C15H17NO2. The van der Waals surface area contributed by atoms with Crippen molar-refractivity contribution < 1.29 is 9.84 Å². The maximum atomic E-state index is 9.96. The molecule has 0 aliphatic rings. The van der Waals surface area contributed by atoms with E-state index in [2.05, 4.69) is 0 Å². The van der Waals surface area contributed by atoms with Gasteiger partial charge in [-0.25, -0.2) is 0 Å². The fourth-order valence-corrected chi connectivity index (χ4v) is 1.71. The van der Waals surface area contributed by atoms with Crippen molar-refractivity contribution in [3.8, 4) is 5.75 Å². The van der Waals surface area contributed by atoms with Crippen molar-refractivity contribution >= 4 is 0 Å². The maximum Gasteiger partial charge on any atom is 0.119 e. The number of aliphatic hydroxyl groups is 1. The average molecular weight is 243 g/mol. The lowest BCUT2D eigenvalue weighted by Crippen LogP contribution is -2.09. The van der Waals surface area contributed by atoms with Crippen molar-refractivity contribution in [1.29, 1.82) is 0 Å². The predicted octanol–water partition coefficient (Wildman–Crippen LogP) is 2.26. The van der Waals surface area contributed by atoms with E-state index < -0.39 is 6.10 Å². The summed E-state index contributed by atoms with van der Waals surface area (Å²) in [5.74, 6) is 0.730. The zero-order valence-electron chi connectivity index (χ0n) is 10.1. The lowest BCUT2D eigenvalue weighted by molar-refractivity contribution is 0.108. The van der Waals surface area contributed by atoms with Gasteiger partial charge in [-0.1, -0.05) is 42.5 Å². The Morgan fingerprint density at radius 3 is 2.56 bits per heavy atom. The summed E-state index contributed by atoms with van der Waals surface area (Å²) < 4.78 is 5.56. The molecule has 0 aliphatic carbocycles. The number of aliphatic hydroxyl groups excluding tert-OH is 1. The Morgan fingerprint density at radius 1 is 1.06 bits per heavy atom. The predicted molar refractivity (Wildman–Crippen MR) is 71.2 cm³/mol. The number of ether oxygens (including phenoxy) is 1. The molecule has 0 bridgehead atoms. The lowest BCUT2D eigenvalue weighted by atomic mass is 10.1. The molecule has 0 aromatic heterocycles. The third-order valence-electron chi connectivity index (χ3n) is 2.73. The summed E-state index contributed by atoms with van der Waals surface area (Å²) in [6.07, 6.45) is -0.618. The van der Waals surface area contributed by atoms with Crippen molar-refractivity contribution in [1.82, 2.24) is 0 Å². The zero-order chi connectivity index (χ0) is 12.8. The van der Waals surface area contributed by atoms with Gasteiger partial charge in [-0.05, 0) is 23.3 Å². The molecule has 3 N–H and O–H groups in total. The van der Waals surface area contributed by atoms with Gasteiger partial charge in [-0.15, -0.1) is 0 Å². The van der Waals surface area contributed by atoms with Gasteiger partial charge in [0.1, 0.15) is 18.5 Å². The minimum absolute atomic E-state index is 0.234. The summed E-state index contributed by atoms with van der Waals surface area (Å²) in [5, 5.41) is 9.96. The molecule has 18 heavy (non-hydrogen) atoms. The van der Waals surface area contributed by atoms with E-state index in [1.165, 1.54) is 0 Å². The van der Waals surface area contributed by atoms with E-state index in [9.17, 15) is 5.11 Å². The van der Waals surface area contributed by atoms with Gasteiger partial charge in [-0.3, -0.25) is 0 Å². The van der Waals surface area contributed by atoms with Crippen molar-refractivity contribution in [2.45, 2.75) is 12.6 Å². The molecule has 2 aromatic carbocycles. The first-order valence-electron chi connectivity index (χ1n) is 5.94. The molecular weight excluding hydrogens is 226 g/mol. The minimum atomic E-state index is -0.618. The average Bonchev–Trinajstić information content (AvgIpc) is 2.46. The Kier molecular flexibility index (Phi) is 4.34. The Bertz CT molecular complexity index is 485. The smallest absolute Gasteiger partial charge is 0.119 e. The molecule has 0 radical (unpaired) electrons. The molecule has 0 fully saturated rings. The zero-order valence-corrected chi connectivity index (χ0v) is 10.1. The van der Waals surface area contributed by atoms with Crippen molar-refractivity contribution in [2.75, 3.05) is 6.61 Å². The van der Waals surface area contributed by atoms with Crippen molar-refractivity contribution in [2.24, 2.45) is 5.73 Å². The summed E-state index contributed by atoms with van der Waals surface area (Å²) in [4.78, 5) is 0. The highest BCUT2D eigenvalue weighted by Crippen LogP contribution is 2.17. The molecule has 0 saturated heterocycles. The SMILES string of the molecule is NCc1cccc(OCC(O)c2ccccc2)c1. The van der Waals surface area contributed by atoms with Gasteiger partial charge in [-0.2, -0.15) is 0 Å². The third-order valence-corrected chi connectivity index (χ3v) is 2.73. The van der Waals surface area contributed by atoms with Crippen LogP contribution in [0.2, 0.25) is 0 Å². The van der Waals surface area contributed by atoms with Gasteiger partial charge >= 0.3 is 0 Å². The molecule has 0 aliphatic heterocycles. The third kappa shape index (κ3) is 3.32. The summed E-state index contributed by atoms with van der Waals surface area (Å²) in [6, 6.07) is 17.1. The monoisotopic (exact) mass is 243 g/mol. The van der Waals surface area contributed by atoms with Crippen LogP contribution in [-0.4, -0.2) is 11.7 Å². The van der Waals surface area contributed by atoms with Crippen LogP contribution in [0.1, 0.15) is 17.2 Å². The second kappa shape index (κ2) is 6.19. The van der Waals surface area contributed by atoms with E-state index in [0.29, 0.717) is 6.54 Å². The number of hydrogen-bond acceptors (Lipinski definition) is 3. The molecule has 2 rings (SSSR count). The van der Waals surface area contributed by atoms with Crippen LogP contribution in [-0.2, 0) is 6.54 Å². The second-order valence-electron chi connectivity index (χ2n) is 4.09. The Labute approximate surface area is 107 Å². The normalized spacial score (nSPS) is 12.1. The number of rotatable bonds is 5. The summed E-state index contributed by atoms with van der Waals surface area (Å²) in [5.41, 5.74) is 7.43. The van der Waals surface area contributed by atoms with E-state index in [-0.39, 0.29) is 6.61 Å². The van der Waals surface area contributed by atoms with Gasteiger partial charge < -0.3 is 15.6 Å². The maximum absolute atomic E-state index is 9.96. The van der Waals surface area contributed by atoms with Crippen molar-refractivity contribution in [3.63, 3.8) is 0 Å². The van der Waals surface area contributed by atoms with Gasteiger partial charge in [0.25, 0.3) is 0 Å². The summed E-state index contributed by atoms with van der Waals surface area (Å²) in [7, 11) is 0. The van der Waals surface area contributed by atoms with Crippen LogP contribution in [0, 0.1) is 0 Å². The fourth-order valence-electron chi connectivity index (χ4n) is 1.71. The summed E-state index contributed by atoms with van der Waals surface area (Å²) >= 11 is 0. The molecule has 0 heterocycles. The standard InChI is InChI=1S/C15H17NO2/c16-10-12-5-4-8-14(9-12)18-11-15(17)13-6-2-1-3-7-13/h1-9,15,17H,10-11,16H2. The largest absolute Gasteiger partial charge is 0.491 e. The molecule has 1 unspecified atom stereocenters. The van der Waals surface area contributed by atoms with E-state index in [1.807, 2.05) is 54.6 Å². The van der Waals surface area contributed by atoms with Gasteiger partial charge in [0.2, 0.25) is 0 Å². The highest BCUT2D eigenvalue weighted by molar-refractivity contribution is 5.28. The van der Waals surface area contributed by atoms with Crippen LogP contribution < -0.4 is 10.5 Å². The van der Waals surface area contributed by atoms with Gasteiger partial charge in [0.05, 0.1) is 0 Å². The Hall–Kier alpha value is -1.84. The Balaban J connectivity index is 1.95. The molecule has 1 atom stereocenters. The van der Waals surface area contributed by atoms with E-state index >= 15 is 0 Å². The minimum Gasteiger partial charge on any atom is -0.491 e. The van der Waals surface area contributed by atoms with Gasteiger partial charge in [0.15, 0.2) is 0 Å². The highest BCUT2D eigenvalue weighted by Gasteiger charge is 2.07. The number of nitrogens with two attached hydrogens (primary N) is 1. The Morgan fingerprint density at radius 2 is 1.83 bits per heavy atom. The quantitative estimate of drug-likeness (QED) is 0.847. The van der Waals surface area contributed by atoms with Crippen LogP contribution in [0.4, 0.5) is 0 Å². The molecule has 3 nitrogen and oxygen atoms in total. The molecule has 2 aromatic rings. The van der Waals surface area contributed by atoms with Crippen molar-refractivity contribution in [3.05, 3.63) is 65.7 Å². The second-order valence-corrected chi connectivity index (χ2v) is 4.09. The van der Waals surface area contributed by atoms with Crippen LogP contribution in [0.15, 0.2) is 54.6 Å². The molecule has 3 heteroatoms. The van der Waals surface area contributed by atoms with E-state index in [0.717, 1.165) is 16.9 Å². The first kappa shape index (κ1) is 12.6.